The predicted octanol–water partition coefficient (Wildman–Crippen LogP) is 4.26. The minimum atomic E-state index is -0.921. The number of phenols is 1. The van der Waals surface area contributed by atoms with Crippen molar-refractivity contribution in [3.8, 4) is 5.75 Å². The molecule has 3 saturated heterocycles. The van der Waals surface area contributed by atoms with Gasteiger partial charge < -0.3 is 34.8 Å². The van der Waals surface area contributed by atoms with E-state index < -0.39 is 12.2 Å². The zero-order valence-electron chi connectivity index (χ0n) is 35.0. The molecule has 62 heavy (non-hydrogen) atoms. The smallest absolute Gasteiger partial charge is 0.257 e. The van der Waals surface area contributed by atoms with E-state index in [0.29, 0.717) is 23.1 Å². The molecule has 15 nitrogen and oxygen atoms in total. The van der Waals surface area contributed by atoms with Crippen LogP contribution in [0.25, 0.3) is 10.9 Å². The first-order valence-corrected chi connectivity index (χ1v) is 21.1. The zero-order valence-corrected chi connectivity index (χ0v) is 35.0. The molecule has 2 atom stereocenters. The van der Waals surface area contributed by atoms with Crippen LogP contribution in [-0.4, -0.2) is 134 Å². The van der Waals surface area contributed by atoms with E-state index in [9.17, 15) is 24.3 Å². The average molecular weight is 840 g/mol. The molecule has 2 aromatic heterocycles. The Labute approximate surface area is 361 Å². The van der Waals surface area contributed by atoms with Gasteiger partial charge in [0.05, 0.1) is 49.3 Å². The summed E-state index contributed by atoms with van der Waals surface area (Å²) in [5.41, 5.74) is 4.38. The lowest BCUT2D eigenvalue weighted by Crippen LogP contribution is -2.75. The fourth-order valence-electron chi connectivity index (χ4n) is 8.77. The molecule has 3 aromatic carbocycles. The second-order valence-electron chi connectivity index (χ2n) is 16.0. The Morgan fingerprint density at radius 2 is 1.76 bits per heavy atom. The van der Waals surface area contributed by atoms with Crippen molar-refractivity contribution in [2.75, 3.05) is 69.7 Å². The van der Waals surface area contributed by atoms with Gasteiger partial charge in [-0.1, -0.05) is 66.7 Å². The number of carbonyl (C=O) groups is 4. The first-order chi connectivity index (χ1) is 30.2. The van der Waals surface area contributed by atoms with Crippen LogP contribution in [0.2, 0.25) is 0 Å². The number of para-hydroxylation sites is 1. The molecule has 4 amide bonds. The summed E-state index contributed by atoms with van der Waals surface area (Å²) in [6.45, 7) is 9.30. The summed E-state index contributed by atoms with van der Waals surface area (Å²) in [4.78, 5) is 67.2. The number of aryl methyl sites for hydroxylation is 2. The Morgan fingerprint density at radius 3 is 2.50 bits per heavy atom. The number of phenolic OH excluding ortho intramolecular Hbond substituents is 1. The molecular formula is C47H53N9O6. The SMILES string of the molecule is C=CCN1CC(=O)N2[C@@H](Cc3ccc(O)cc3)C(=O)N(Cc3cccc4c(C(=O)Nc5ccc(NCCN6CCOCC6)nc5)cn(C)c34)C[C@@H]2N1C(=O)CCc1ccccc1. The number of rotatable bonds is 15. The molecule has 3 aliphatic rings. The third-order valence-corrected chi connectivity index (χ3v) is 11.8. The van der Waals surface area contributed by atoms with Gasteiger partial charge in [-0.3, -0.25) is 24.1 Å². The fraction of sp³-hybridized carbons (Fsp3) is 0.340. The highest BCUT2D eigenvalue weighted by Crippen LogP contribution is 2.32. The third-order valence-electron chi connectivity index (χ3n) is 11.8. The molecule has 322 valence electrons. The second-order valence-corrected chi connectivity index (χ2v) is 16.0. The number of aromatic hydroxyl groups is 1. The summed E-state index contributed by atoms with van der Waals surface area (Å²) in [5.74, 6) is -0.167. The lowest BCUT2D eigenvalue weighted by Gasteiger charge is -2.55. The number of morpholine rings is 1. The molecule has 0 saturated carbocycles. The van der Waals surface area contributed by atoms with Gasteiger partial charge in [0.1, 0.15) is 23.8 Å². The largest absolute Gasteiger partial charge is 0.508 e. The van der Waals surface area contributed by atoms with Gasteiger partial charge in [-0.25, -0.2) is 15.0 Å². The van der Waals surface area contributed by atoms with E-state index >= 15 is 0 Å². The van der Waals surface area contributed by atoms with Crippen molar-refractivity contribution in [1.29, 1.82) is 0 Å². The highest BCUT2D eigenvalue weighted by atomic mass is 16.5. The maximum Gasteiger partial charge on any atom is 0.257 e. The standard InChI is InChI=1S/C47H53N9O6/c1-3-21-54-32-44(59)55-40(27-34-12-16-37(57)17-13-34)47(61)53(31-42(55)56(54)43(58)19-14-33-8-5-4-6-9-33)29-35-10-7-11-38-39(30-51(2)45(35)38)46(60)50-36-15-18-41(49-28-36)48-20-22-52-23-25-62-26-24-52/h3-13,15-18,28,30,40,42,57H,1,14,19-27,29,31-32H2,2H3,(H,48,49)(H,50,60)/t40-,42-/m0/s1. The summed E-state index contributed by atoms with van der Waals surface area (Å²) >= 11 is 0. The predicted molar refractivity (Wildman–Crippen MR) is 236 cm³/mol. The van der Waals surface area contributed by atoms with Crippen LogP contribution in [0, 0.1) is 0 Å². The van der Waals surface area contributed by atoms with Crippen molar-refractivity contribution in [3.05, 3.63) is 132 Å². The third kappa shape index (κ3) is 9.34. The van der Waals surface area contributed by atoms with Crippen molar-refractivity contribution in [1.82, 2.24) is 34.3 Å². The Bertz CT molecular complexity index is 2400. The summed E-state index contributed by atoms with van der Waals surface area (Å²) in [5, 5.41) is 20.4. The lowest BCUT2D eigenvalue weighted by molar-refractivity contribution is -0.205. The van der Waals surface area contributed by atoms with Crippen LogP contribution in [0.3, 0.4) is 0 Å². The molecular weight excluding hydrogens is 787 g/mol. The van der Waals surface area contributed by atoms with Crippen LogP contribution in [0.5, 0.6) is 5.75 Å². The second kappa shape index (κ2) is 19.0. The van der Waals surface area contributed by atoms with Crippen molar-refractivity contribution in [3.63, 3.8) is 0 Å². The summed E-state index contributed by atoms with van der Waals surface area (Å²) in [6.07, 6.45) is 5.20. The highest BCUT2D eigenvalue weighted by molar-refractivity contribution is 6.13. The minimum Gasteiger partial charge on any atom is -0.508 e. The number of hydrazine groups is 1. The average Bonchev–Trinajstić information content (AvgIpc) is 3.63. The van der Waals surface area contributed by atoms with Gasteiger partial charge >= 0.3 is 0 Å². The number of carbonyl (C=O) groups excluding carboxylic acids is 4. The molecule has 8 rings (SSSR count). The van der Waals surface area contributed by atoms with Gasteiger partial charge in [-0.2, -0.15) is 0 Å². The highest BCUT2D eigenvalue weighted by Gasteiger charge is 2.51. The quantitative estimate of drug-likeness (QED) is 0.130. The topological polar surface area (TPSA) is 156 Å². The number of nitrogens with one attached hydrogen (secondary N) is 2. The van der Waals surface area contributed by atoms with Gasteiger partial charge in [-0.15, -0.1) is 6.58 Å². The number of hydrogen-bond acceptors (Lipinski definition) is 10. The Kier molecular flexibility index (Phi) is 12.9. The monoisotopic (exact) mass is 839 g/mol. The van der Waals surface area contributed by atoms with E-state index in [1.165, 1.54) is 0 Å². The maximum atomic E-state index is 14.7. The molecule has 3 aliphatic heterocycles. The Balaban J connectivity index is 1.04. The first-order valence-electron chi connectivity index (χ1n) is 21.1. The Morgan fingerprint density at radius 1 is 0.968 bits per heavy atom. The number of amides is 4. The van der Waals surface area contributed by atoms with E-state index in [2.05, 4.69) is 27.1 Å². The zero-order chi connectivity index (χ0) is 43.2. The van der Waals surface area contributed by atoms with Crippen molar-refractivity contribution >= 4 is 46.0 Å². The molecule has 15 heteroatoms. The molecule has 5 heterocycles. The van der Waals surface area contributed by atoms with Crippen LogP contribution in [0.15, 0.2) is 110 Å². The van der Waals surface area contributed by atoms with Crippen LogP contribution in [0.1, 0.15) is 33.5 Å². The van der Waals surface area contributed by atoms with Crippen LogP contribution >= 0.6 is 0 Å². The fourth-order valence-corrected chi connectivity index (χ4v) is 8.77. The van der Waals surface area contributed by atoms with Crippen molar-refractivity contribution in [2.45, 2.75) is 38.0 Å². The number of aromatic nitrogens is 2. The number of pyridine rings is 1. The number of benzene rings is 3. The van der Waals surface area contributed by atoms with Gasteiger partial charge in [0.15, 0.2) is 0 Å². The normalized spacial score (nSPS) is 18.5. The van der Waals surface area contributed by atoms with Gasteiger partial charge in [-0.05, 0) is 47.4 Å². The summed E-state index contributed by atoms with van der Waals surface area (Å²) in [7, 11) is 1.87. The molecule has 0 bridgehead atoms. The number of anilines is 2. The van der Waals surface area contributed by atoms with Crippen molar-refractivity contribution < 1.29 is 29.0 Å². The molecule has 0 unspecified atom stereocenters. The molecule has 5 aromatic rings. The minimum absolute atomic E-state index is 0.0700. The molecule has 0 aliphatic carbocycles. The van der Waals surface area contributed by atoms with E-state index in [-0.39, 0.29) is 68.4 Å². The number of hydrogen-bond donors (Lipinski definition) is 3. The van der Waals surface area contributed by atoms with Crippen LogP contribution in [0.4, 0.5) is 11.5 Å². The molecule has 3 N–H and O–H groups in total. The first kappa shape index (κ1) is 42.2. The lowest BCUT2D eigenvalue weighted by atomic mass is 9.97. The maximum absolute atomic E-state index is 14.7. The molecule has 0 radical (unpaired) electrons. The number of nitrogens with zero attached hydrogens (tertiary/aromatic N) is 7. The van der Waals surface area contributed by atoms with E-state index in [1.807, 2.05) is 72.3 Å². The number of ether oxygens (including phenoxy) is 1. The molecule has 0 spiro atoms. The summed E-state index contributed by atoms with van der Waals surface area (Å²) < 4.78 is 7.32. The van der Waals surface area contributed by atoms with Gasteiger partial charge in [0, 0.05) is 70.7 Å². The van der Waals surface area contributed by atoms with Crippen molar-refractivity contribution in [2.24, 2.45) is 7.05 Å². The number of piperazine rings is 1. The van der Waals surface area contributed by atoms with Gasteiger partial charge in [0.2, 0.25) is 17.7 Å². The van der Waals surface area contributed by atoms with Crippen LogP contribution < -0.4 is 10.6 Å². The summed E-state index contributed by atoms with van der Waals surface area (Å²) in [6, 6.07) is 24.8. The van der Waals surface area contributed by atoms with Gasteiger partial charge in [0.25, 0.3) is 5.91 Å². The number of fused-ring (bicyclic) bond motifs is 2. The molecule has 3 fully saturated rings. The van der Waals surface area contributed by atoms with E-state index in [1.54, 1.807) is 62.6 Å². The van der Waals surface area contributed by atoms with Crippen LogP contribution in [-0.2, 0) is 45.6 Å². The van der Waals surface area contributed by atoms with E-state index in [4.69, 9.17) is 4.74 Å². The Hall–Kier alpha value is -6.55. The van der Waals surface area contributed by atoms with E-state index in [0.717, 1.165) is 67.4 Å².